The van der Waals surface area contributed by atoms with Gasteiger partial charge in [-0.05, 0) is 69.0 Å². The van der Waals surface area contributed by atoms with Crippen molar-refractivity contribution in [1.29, 1.82) is 0 Å². The van der Waals surface area contributed by atoms with Crippen LogP contribution in [0.25, 0.3) is 0 Å². The fourth-order valence-corrected chi connectivity index (χ4v) is 4.23. The molecule has 2 aliphatic heterocycles. The Morgan fingerprint density at radius 2 is 2.17 bits per heavy atom. The van der Waals surface area contributed by atoms with Gasteiger partial charge in [-0.2, -0.15) is 0 Å². The SMILES string of the molecule is COCC1CCCN(CC2CC23CCNCC3)C1. The van der Waals surface area contributed by atoms with E-state index in [-0.39, 0.29) is 0 Å². The van der Waals surface area contributed by atoms with Crippen LogP contribution in [0.5, 0.6) is 0 Å². The summed E-state index contributed by atoms with van der Waals surface area (Å²) in [5.41, 5.74) is 0.749. The number of nitrogens with one attached hydrogen (secondary N) is 1. The van der Waals surface area contributed by atoms with E-state index in [1.165, 1.54) is 64.8 Å². The second-order valence-electron chi connectivity index (χ2n) is 6.74. The first kappa shape index (κ1) is 12.9. The van der Waals surface area contributed by atoms with Gasteiger partial charge in [-0.15, -0.1) is 0 Å². The average molecular weight is 252 g/mol. The molecule has 2 saturated heterocycles. The van der Waals surface area contributed by atoms with Crippen LogP contribution in [0.1, 0.15) is 32.1 Å². The molecule has 0 aromatic carbocycles. The Morgan fingerprint density at radius 3 is 2.94 bits per heavy atom. The fraction of sp³-hybridized carbons (Fsp3) is 1.00. The number of hydrogen-bond acceptors (Lipinski definition) is 3. The van der Waals surface area contributed by atoms with E-state index in [1.54, 1.807) is 0 Å². The summed E-state index contributed by atoms with van der Waals surface area (Å²) in [6, 6.07) is 0. The zero-order valence-electron chi connectivity index (χ0n) is 11.8. The van der Waals surface area contributed by atoms with Crippen molar-refractivity contribution in [2.45, 2.75) is 32.1 Å². The van der Waals surface area contributed by atoms with Crippen molar-refractivity contribution in [3.63, 3.8) is 0 Å². The number of piperidine rings is 2. The number of ether oxygens (including phenoxy) is 1. The molecule has 104 valence electrons. The second kappa shape index (κ2) is 5.48. The minimum atomic E-state index is 0.749. The first-order chi connectivity index (χ1) is 8.82. The molecule has 3 aliphatic rings. The van der Waals surface area contributed by atoms with E-state index < -0.39 is 0 Å². The van der Waals surface area contributed by atoms with Crippen LogP contribution in [-0.4, -0.2) is 51.3 Å². The van der Waals surface area contributed by atoms with E-state index >= 15 is 0 Å². The highest BCUT2D eigenvalue weighted by Gasteiger charge is 2.53. The summed E-state index contributed by atoms with van der Waals surface area (Å²) in [5.74, 6) is 1.78. The lowest BCUT2D eigenvalue weighted by Crippen LogP contribution is -2.39. The molecule has 0 amide bonds. The van der Waals surface area contributed by atoms with Crippen molar-refractivity contribution < 1.29 is 4.74 Å². The van der Waals surface area contributed by atoms with Crippen molar-refractivity contribution >= 4 is 0 Å². The van der Waals surface area contributed by atoms with Crippen molar-refractivity contribution in [1.82, 2.24) is 10.2 Å². The van der Waals surface area contributed by atoms with Crippen molar-refractivity contribution in [3.8, 4) is 0 Å². The van der Waals surface area contributed by atoms with Gasteiger partial charge in [-0.3, -0.25) is 0 Å². The Morgan fingerprint density at radius 1 is 1.33 bits per heavy atom. The topological polar surface area (TPSA) is 24.5 Å². The highest BCUT2D eigenvalue weighted by Crippen LogP contribution is 2.58. The van der Waals surface area contributed by atoms with Gasteiger partial charge in [-0.1, -0.05) is 0 Å². The van der Waals surface area contributed by atoms with Gasteiger partial charge in [0.25, 0.3) is 0 Å². The molecule has 18 heavy (non-hydrogen) atoms. The monoisotopic (exact) mass is 252 g/mol. The Labute approximate surface area is 111 Å². The van der Waals surface area contributed by atoms with E-state index in [0.717, 1.165) is 23.9 Å². The van der Waals surface area contributed by atoms with Gasteiger partial charge >= 0.3 is 0 Å². The molecule has 2 heterocycles. The number of hydrogen-bond donors (Lipinski definition) is 1. The maximum Gasteiger partial charge on any atom is 0.0502 e. The summed E-state index contributed by atoms with van der Waals surface area (Å²) in [5, 5.41) is 3.50. The van der Waals surface area contributed by atoms with Crippen LogP contribution in [0.15, 0.2) is 0 Å². The molecular weight excluding hydrogens is 224 g/mol. The molecule has 1 N–H and O–H groups in total. The van der Waals surface area contributed by atoms with E-state index in [0.29, 0.717) is 0 Å². The minimum absolute atomic E-state index is 0.749. The van der Waals surface area contributed by atoms with Gasteiger partial charge in [-0.25, -0.2) is 0 Å². The first-order valence-corrected chi connectivity index (χ1v) is 7.74. The van der Waals surface area contributed by atoms with Crippen LogP contribution in [0.4, 0.5) is 0 Å². The zero-order chi connectivity index (χ0) is 12.4. The maximum absolute atomic E-state index is 5.33. The quantitative estimate of drug-likeness (QED) is 0.825. The van der Waals surface area contributed by atoms with E-state index in [9.17, 15) is 0 Å². The van der Waals surface area contributed by atoms with Crippen LogP contribution < -0.4 is 5.32 Å². The highest BCUT2D eigenvalue weighted by molar-refractivity contribution is 5.05. The van der Waals surface area contributed by atoms with Crippen molar-refractivity contribution in [3.05, 3.63) is 0 Å². The lowest BCUT2D eigenvalue weighted by Gasteiger charge is -2.33. The van der Waals surface area contributed by atoms with Gasteiger partial charge in [0.1, 0.15) is 0 Å². The van der Waals surface area contributed by atoms with E-state index in [1.807, 2.05) is 7.11 Å². The third kappa shape index (κ3) is 2.73. The van der Waals surface area contributed by atoms with Crippen LogP contribution in [0.2, 0.25) is 0 Å². The summed E-state index contributed by atoms with van der Waals surface area (Å²) < 4.78 is 5.33. The molecule has 0 aromatic heterocycles. The number of nitrogens with zero attached hydrogens (tertiary/aromatic N) is 1. The van der Waals surface area contributed by atoms with E-state index in [4.69, 9.17) is 4.74 Å². The zero-order valence-corrected chi connectivity index (χ0v) is 11.8. The second-order valence-corrected chi connectivity index (χ2v) is 6.74. The molecule has 1 saturated carbocycles. The van der Waals surface area contributed by atoms with Crippen molar-refractivity contribution in [2.24, 2.45) is 17.3 Å². The predicted octanol–water partition coefficient (Wildman–Crippen LogP) is 1.73. The molecule has 1 aliphatic carbocycles. The largest absolute Gasteiger partial charge is 0.384 e. The van der Waals surface area contributed by atoms with Gasteiger partial charge in [0.05, 0.1) is 6.61 Å². The standard InChI is InChI=1S/C15H28N2O/c1-18-12-13-3-2-8-17(10-13)11-14-9-15(14)4-6-16-7-5-15/h13-14,16H,2-12H2,1H3. The molecule has 3 fully saturated rings. The predicted molar refractivity (Wildman–Crippen MR) is 73.7 cm³/mol. The summed E-state index contributed by atoms with van der Waals surface area (Å²) in [7, 11) is 1.84. The number of likely N-dealkylation sites (tertiary alicyclic amines) is 1. The van der Waals surface area contributed by atoms with Crippen LogP contribution in [0, 0.1) is 17.3 Å². The Bertz CT molecular complexity index is 274. The molecule has 0 bridgehead atoms. The Hall–Kier alpha value is -0.120. The number of methoxy groups -OCH3 is 1. The molecule has 0 radical (unpaired) electrons. The van der Waals surface area contributed by atoms with Crippen LogP contribution >= 0.6 is 0 Å². The van der Waals surface area contributed by atoms with Gasteiger partial charge in [0.15, 0.2) is 0 Å². The summed E-state index contributed by atoms with van der Waals surface area (Å²) in [4.78, 5) is 2.72. The van der Waals surface area contributed by atoms with Crippen LogP contribution in [-0.2, 0) is 4.74 Å². The Balaban J connectivity index is 1.46. The molecule has 0 aromatic rings. The normalized spacial score (nSPS) is 35.8. The smallest absolute Gasteiger partial charge is 0.0502 e. The van der Waals surface area contributed by atoms with Gasteiger partial charge in [0, 0.05) is 20.2 Å². The Kier molecular flexibility index (Phi) is 3.92. The van der Waals surface area contributed by atoms with Gasteiger partial charge < -0.3 is 15.0 Å². The summed E-state index contributed by atoms with van der Waals surface area (Å²) in [6.45, 7) is 7.42. The third-order valence-electron chi connectivity index (χ3n) is 5.44. The third-order valence-corrected chi connectivity index (χ3v) is 5.44. The summed E-state index contributed by atoms with van der Waals surface area (Å²) >= 11 is 0. The fourth-order valence-electron chi connectivity index (χ4n) is 4.23. The lowest BCUT2D eigenvalue weighted by atomic mass is 9.91. The highest BCUT2D eigenvalue weighted by atomic mass is 16.5. The molecule has 3 rings (SSSR count). The first-order valence-electron chi connectivity index (χ1n) is 7.74. The molecule has 2 atom stereocenters. The van der Waals surface area contributed by atoms with E-state index in [2.05, 4.69) is 10.2 Å². The molecule has 2 unspecified atom stereocenters. The summed E-state index contributed by atoms with van der Waals surface area (Å²) in [6.07, 6.45) is 7.08. The number of rotatable bonds is 4. The molecule has 1 spiro atoms. The maximum atomic E-state index is 5.33. The minimum Gasteiger partial charge on any atom is -0.384 e. The van der Waals surface area contributed by atoms with Gasteiger partial charge in [0.2, 0.25) is 0 Å². The molecule has 3 nitrogen and oxygen atoms in total. The molecular formula is C15H28N2O. The van der Waals surface area contributed by atoms with Crippen LogP contribution in [0.3, 0.4) is 0 Å². The molecule has 3 heteroatoms. The average Bonchev–Trinajstić information content (AvgIpc) is 3.03. The van der Waals surface area contributed by atoms with Crippen molar-refractivity contribution in [2.75, 3.05) is 46.4 Å². The lowest BCUT2D eigenvalue weighted by molar-refractivity contribution is 0.0853.